The monoisotopic (exact) mass is 408 g/mol. The molecule has 2 heteroatoms. The summed E-state index contributed by atoms with van der Waals surface area (Å²) in [6.45, 7) is 3.09. The van der Waals surface area contributed by atoms with Gasteiger partial charge in [-0.3, -0.25) is 4.79 Å². The minimum Gasteiger partial charge on any atom is -0.348 e. The maximum Gasteiger partial charge on any atom is 0.309 e. The van der Waals surface area contributed by atoms with E-state index in [1.54, 1.807) is 6.41 Å². The van der Waals surface area contributed by atoms with Crippen molar-refractivity contribution in [3.05, 3.63) is 0 Å². The first-order chi connectivity index (χ1) is 14.4. The van der Waals surface area contributed by atoms with Crippen molar-refractivity contribution in [2.75, 3.05) is 6.54 Å². The van der Waals surface area contributed by atoms with E-state index < -0.39 is 0 Å². The Hall–Kier alpha value is -0.530. The van der Waals surface area contributed by atoms with Gasteiger partial charge in [0.2, 0.25) is 0 Å². The van der Waals surface area contributed by atoms with Gasteiger partial charge in [-0.15, -0.1) is 0 Å². The van der Waals surface area contributed by atoms with Gasteiger partial charge in [0.05, 0.1) is 0 Å². The largest absolute Gasteiger partial charge is 0.348 e. The Balaban J connectivity index is 2.97. The quantitative estimate of drug-likeness (QED) is 0.112. The molecule has 0 aliphatic rings. The molecule has 0 saturated heterocycles. The van der Waals surface area contributed by atoms with Gasteiger partial charge >= 0.3 is 6.41 Å². The average Bonchev–Trinajstić information content (AvgIpc) is 2.74. The lowest BCUT2D eigenvalue weighted by Gasteiger charge is -2.04. The summed E-state index contributed by atoms with van der Waals surface area (Å²) < 4.78 is 0. The number of nitrogens with one attached hydrogen (secondary N) is 1. The van der Waals surface area contributed by atoms with Crippen LogP contribution < -0.4 is 5.32 Å². The zero-order valence-corrected chi connectivity index (χ0v) is 20.1. The summed E-state index contributed by atoms with van der Waals surface area (Å²) in [6.07, 6.45) is 35.8. The third-order valence-electron chi connectivity index (χ3n) is 6.23. The van der Waals surface area contributed by atoms with Gasteiger partial charge in [-0.1, -0.05) is 155 Å². The van der Waals surface area contributed by atoms with Crippen LogP contribution in [0.25, 0.3) is 0 Å². The Morgan fingerprint density at radius 2 is 0.655 bits per heavy atom. The molecule has 1 amide bonds. The van der Waals surface area contributed by atoms with Crippen LogP contribution in [0.3, 0.4) is 0 Å². The van der Waals surface area contributed by atoms with Crippen molar-refractivity contribution in [3.8, 4) is 0 Å². The van der Waals surface area contributed by atoms with Crippen LogP contribution in [-0.2, 0) is 4.79 Å². The van der Waals surface area contributed by atoms with Crippen LogP contribution in [0.1, 0.15) is 161 Å². The Kier molecular flexibility index (Phi) is 27.0. The van der Waals surface area contributed by atoms with Crippen molar-refractivity contribution in [1.29, 1.82) is 0 Å². The van der Waals surface area contributed by atoms with Gasteiger partial charge in [-0.25, -0.2) is 0 Å². The van der Waals surface area contributed by atoms with Crippen molar-refractivity contribution in [1.82, 2.24) is 5.32 Å². The number of hydrogen-bond donors (Lipinski definition) is 1. The van der Waals surface area contributed by atoms with Gasteiger partial charge in [0, 0.05) is 6.54 Å². The Morgan fingerprint density at radius 3 is 0.897 bits per heavy atom. The predicted octanol–water partition coefficient (Wildman–Crippen LogP) is 9.03. The van der Waals surface area contributed by atoms with Crippen LogP contribution in [0, 0.1) is 0 Å². The van der Waals surface area contributed by atoms with Crippen molar-refractivity contribution in [2.24, 2.45) is 0 Å². The second-order valence-electron chi connectivity index (χ2n) is 9.16. The number of rotatable bonds is 26. The zero-order valence-electron chi connectivity index (χ0n) is 20.1. The molecule has 0 bridgehead atoms. The number of carbonyl (C=O) groups excluding carboxylic acids is 1. The summed E-state index contributed by atoms with van der Waals surface area (Å²) >= 11 is 0. The van der Waals surface area contributed by atoms with E-state index >= 15 is 0 Å². The molecular formula is C27H54NO. The van der Waals surface area contributed by atoms with Crippen molar-refractivity contribution >= 4 is 6.41 Å². The molecule has 0 atom stereocenters. The minimum atomic E-state index is 0.794. The first-order valence-corrected chi connectivity index (χ1v) is 13.5. The van der Waals surface area contributed by atoms with Crippen LogP contribution in [-0.4, -0.2) is 13.0 Å². The first kappa shape index (κ1) is 28.5. The van der Waals surface area contributed by atoms with E-state index in [4.69, 9.17) is 0 Å². The molecule has 1 N–H and O–H groups in total. The van der Waals surface area contributed by atoms with Crippen molar-refractivity contribution < 1.29 is 4.79 Å². The SMILES string of the molecule is CCCCCCCCCCCCCCCCCCCCCCCCCCN[C]=O. The molecule has 2 nitrogen and oxygen atoms in total. The van der Waals surface area contributed by atoms with E-state index in [0.29, 0.717) is 0 Å². The fourth-order valence-electron chi connectivity index (χ4n) is 4.23. The fourth-order valence-corrected chi connectivity index (χ4v) is 4.23. The average molecular weight is 409 g/mol. The molecule has 1 radical (unpaired) electrons. The maximum absolute atomic E-state index is 10.00. The van der Waals surface area contributed by atoms with E-state index in [1.165, 1.54) is 148 Å². The second-order valence-corrected chi connectivity index (χ2v) is 9.16. The number of unbranched alkanes of at least 4 members (excludes halogenated alkanes) is 23. The topological polar surface area (TPSA) is 29.1 Å². The van der Waals surface area contributed by atoms with Crippen molar-refractivity contribution in [3.63, 3.8) is 0 Å². The third-order valence-corrected chi connectivity index (χ3v) is 6.23. The van der Waals surface area contributed by atoms with Gasteiger partial charge < -0.3 is 5.32 Å². The number of hydrogen-bond acceptors (Lipinski definition) is 1. The molecule has 0 aliphatic heterocycles. The lowest BCUT2D eigenvalue weighted by Crippen LogP contribution is -2.11. The lowest BCUT2D eigenvalue weighted by molar-refractivity contribution is 0.515. The minimum absolute atomic E-state index is 0.794. The highest BCUT2D eigenvalue weighted by Crippen LogP contribution is 2.15. The van der Waals surface area contributed by atoms with Gasteiger partial charge in [-0.05, 0) is 6.42 Å². The fraction of sp³-hybridized carbons (Fsp3) is 0.963. The van der Waals surface area contributed by atoms with Crippen LogP contribution in [0.15, 0.2) is 0 Å². The maximum atomic E-state index is 10.00. The van der Waals surface area contributed by atoms with Gasteiger partial charge in [0.15, 0.2) is 0 Å². The van der Waals surface area contributed by atoms with Crippen molar-refractivity contribution in [2.45, 2.75) is 161 Å². The van der Waals surface area contributed by atoms with E-state index in [0.717, 1.165) is 13.0 Å². The molecule has 0 aromatic carbocycles. The molecule has 0 aliphatic carbocycles. The molecular weight excluding hydrogens is 354 g/mol. The molecule has 0 heterocycles. The van der Waals surface area contributed by atoms with Crippen LogP contribution in [0.5, 0.6) is 0 Å². The molecule has 0 rings (SSSR count). The summed E-state index contributed by atoms with van der Waals surface area (Å²) in [7, 11) is 0. The van der Waals surface area contributed by atoms with Gasteiger partial charge in [0.1, 0.15) is 0 Å². The van der Waals surface area contributed by atoms with Crippen LogP contribution in [0.4, 0.5) is 0 Å². The molecule has 0 unspecified atom stereocenters. The van der Waals surface area contributed by atoms with Gasteiger partial charge in [0.25, 0.3) is 0 Å². The molecule has 0 fully saturated rings. The Bertz CT molecular complexity index is 292. The molecule has 0 saturated carbocycles. The molecule has 0 aromatic heterocycles. The summed E-state index contributed by atoms with van der Waals surface area (Å²) in [6, 6.07) is 0. The lowest BCUT2D eigenvalue weighted by atomic mass is 10.0. The Morgan fingerprint density at radius 1 is 0.414 bits per heavy atom. The summed E-state index contributed by atoms with van der Waals surface area (Å²) in [4.78, 5) is 10.00. The van der Waals surface area contributed by atoms with E-state index in [2.05, 4.69) is 12.2 Å². The molecule has 0 spiro atoms. The molecule has 0 aromatic rings. The normalized spacial score (nSPS) is 11.1. The predicted molar refractivity (Wildman–Crippen MR) is 130 cm³/mol. The third kappa shape index (κ3) is 27.5. The number of amides is 1. The highest BCUT2D eigenvalue weighted by Gasteiger charge is 1.96. The molecule has 173 valence electrons. The van der Waals surface area contributed by atoms with E-state index in [1.807, 2.05) is 0 Å². The highest BCUT2D eigenvalue weighted by molar-refractivity contribution is 5.46. The van der Waals surface area contributed by atoms with E-state index in [-0.39, 0.29) is 0 Å². The standard InChI is InChI=1S/C27H54NO/c1-2-3-4-5-6-7-8-9-10-11-12-13-14-15-16-17-18-19-20-21-22-23-24-25-26-28-27-29/h2-26H2,1H3,(H,28,29). The summed E-state index contributed by atoms with van der Waals surface area (Å²) in [5, 5.41) is 2.61. The van der Waals surface area contributed by atoms with E-state index in [9.17, 15) is 4.79 Å². The molecule has 29 heavy (non-hydrogen) atoms. The second kappa shape index (κ2) is 27.5. The first-order valence-electron chi connectivity index (χ1n) is 13.5. The van der Waals surface area contributed by atoms with Crippen LogP contribution >= 0.6 is 0 Å². The highest BCUT2D eigenvalue weighted by atomic mass is 16.1. The summed E-state index contributed by atoms with van der Waals surface area (Å²) in [5.74, 6) is 0. The van der Waals surface area contributed by atoms with Gasteiger partial charge in [-0.2, -0.15) is 0 Å². The van der Waals surface area contributed by atoms with Crippen LogP contribution in [0.2, 0.25) is 0 Å². The summed E-state index contributed by atoms with van der Waals surface area (Å²) in [5.41, 5.74) is 0. The smallest absolute Gasteiger partial charge is 0.309 e. The Labute approximate surface area is 184 Å². The zero-order chi connectivity index (χ0) is 21.1.